The lowest BCUT2D eigenvalue weighted by Gasteiger charge is -2.28. The summed E-state index contributed by atoms with van der Waals surface area (Å²) in [5.41, 5.74) is 1.13. The second-order valence-electron chi connectivity index (χ2n) is 7.72. The molecule has 2 aromatic rings. The SMILES string of the molecule is Cn1cccc1CN(C(=O)CN(C(=O)CSc1ccccc1)C1CC1)C1CC1. The Labute approximate surface area is 170 Å². The summed E-state index contributed by atoms with van der Waals surface area (Å²) in [5, 5.41) is 0. The Balaban J connectivity index is 1.38. The van der Waals surface area contributed by atoms with Gasteiger partial charge in [0.15, 0.2) is 0 Å². The van der Waals surface area contributed by atoms with E-state index in [9.17, 15) is 9.59 Å². The minimum Gasteiger partial charge on any atom is -0.353 e. The minimum atomic E-state index is 0.0688. The van der Waals surface area contributed by atoms with E-state index in [-0.39, 0.29) is 24.4 Å². The van der Waals surface area contributed by atoms with Gasteiger partial charge in [-0.15, -0.1) is 11.8 Å². The maximum Gasteiger partial charge on any atom is 0.242 e. The second kappa shape index (κ2) is 8.43. The molecular formula is C22H27N3O2S. The second-order valence-corrected chi connectivity index (χ2v) is 8.77. The largest absolute Gasteiger partial charge is 0.353 e. The lowest BCUT2D eigenvalue weighted by Crippen LogP contribution is -2.45. The van der Waals surface area contributed by atoms with Gasteiger partial charge in [-0.3, -0.25) is 9.59 Å². The first-order valence-electron chi connectivity index (χ1n) is 9.99. The van der Waals surface area contributed by atoms with Crippen molar-refractivity contribution in [3.05, 3.63) is 54.4 Å². The molecule has 1 heterocycles. The number of hydrogen-bond donors (Lipinski definition) is 0. The Hall–Kier alpha value is -2.21. The monoisotopic (exact) mass is 397 g/mol. The number of carbonyl (C=O) groups is 2. The first kappa shape index (κ1) is 19.1. The number of aryl methyl sites for hydroxylation is 1. The van der Waals surface area contributed by atoms with Crippen LogP contribution in [0.3, 0.4) is 0 Å². The van der Waals surface area contributed by atoms with E-state index in [0.717, 1.165) is 36.3 Å². The molecular weight excluding hydrogens is 370 g/mol. The molecule has 0 N–H and O–H groups in total. The summed E-state index contributed by atoms with van der Waals surface area (Å²) in [6.45, 7) is 0.832. The van der Waals surface area contributed by atoms with E-state index >= 15 is 0 Å². The molecule has 2 fully saturated rings. The van der Waals surface area contributed by atoms with Crippen LogP contribution < -0.4 is 0 Å². The molecule has 0 aliphatic heterocycles. The number of carbonyl (C=O) groups excluding carboxylic acids is 2. The van der Waals surface area contributed by atoms with Crippen molar-refractivity contribution in [2.75, 3.05) is 12.3 Å². The van der Waals surface area contributed by atoms with Crippen LogP contribution in [-0.2, 0) is 23.2 Å². The zero-order valence-electron chi connectivity index (χ0n) is 16.3. The maximum atomic E-state index is 13.1. The molecule has 2 amide bonds. The molecule has 2 saturated carbocycles. The van der Waals surface area contributed by atoms with Crippen LogP contribution in [0.25, 0.3) is 0 Å². The molecule has 4 rings (SSSR count). The summed E-state index contributed by atoms with van der Waals surface area (Å²) in [6.07, 6.45) is 6.16. The molecule has 28 heavy (non-hydrogen) atoms. The van der Waals surface area contributed by atoms with Gasteiger partial charge in [0.1, 0.15) is 6.54 Å². The van der Waals surface area contributed by atoms with Crippen molar-refractivity contribution in [3.8, 4) is 0 Å². The highest BCUT2D eigenvalue weighted by Crippen LogP contribution is 2.31. The van der Waals surface area contributed by atoms with Gasteiger partial charge in [0.2, 0.25) is 11.8 Å². The summed E-state index contributed by atoms with van der Waals surface area (Å²) in [7, 11) is 2.01. The van der Waals surface area contributed by atoms with Gasteiger partial charge in [-0.2, -0.15) is 0 Å². The average molecular weight is 398 g/mol. The molecule has 0 saturated heterocycles. The number of benzene rings is 1. The predicted molar refractivity (Wildman–Crippen MR) is 111 cm³/mol. The third kappa shape index (κ3) is 4.79. The van der Waals surface area contributed by atoms with Crippen molar-refractivity contribution in [3.63, 3.8) is 0 Å². The number of amides is 2. The fourth-order valence-electron chi connectivity index (χ4n) is 3.43. The topological polar surface area (TPSA) is 45.6 Å². The Kier molecular flexibility index (Phi) is 5.76. The van der Waals surface area contributed by atoms with Gasteiger partial charge < -0.3 is 14.4 Å². The number of aromatic nitrogens is 1. The predicted octanol–water partition coefficient (Wildman–Crippen LogP) is 3.30. The summed E-state index contributed by atoms with van der Waals surface area (Å²) in [4.78, 5) is 30.8. The molecule has 0 atom stereocenters. The van der Waals surface area contributed by atoms with Gasteiger partial charge >= 0.3 is 0 Å². The van der Waals surface area contributed by atoms with Gasteiger partial charge in [0, 0.05) is 35.9 Å². The highest BCUT2D eigenvalue weighted by Gasteiger charge is 2.38. The lowest BCUT2D eigenvalue weighted by molar-refractivity contribution is -0.140. The van der Waals surface area contributed by atoms with Crippen LogP contribution in [0.4, 0.5) is 0 Å². The summed E-state index contributed by atoms with van der Waals surface area (Å²) < 4.78 is 2.06. The standard InChI is InChI=1S/C22H27N3O2S/c1-23-13-5-6-19(23)14-24(17-9-10-17)21(26)15-25(18-11-12-18)22(27)16-28-20-7-3-2-4-8-20/h2-8,13,17-18H,9-12,14-16H2,1H3. The highest BCUT2D eigenvalue weighted by atomic mass is 32.2. The Morgan fingerprint density at radius 3 is 2.25 bits per heavy atom. The molecule has 0 spiro atoms. The van der Waals surface area contributed by atoms with Crippen molar-refractivity contribution in [1.29, 1.82) is 0 Å². The molecule has 0 bridgehead atoms. The van der Waals surface area contributed by atoms with Crippen molar-refractivity contribution >= 4 is 23.6 Å². The quantitative estimate of drug-likeness (QED) is 0.610. The van der Waals surface area contributed by atoms with Crippen LogP contribution in [-0.4, -0.2) is 50.6 Å². The van der Waals surface area contributed by atoms with Gasteiger partial charge in [0.25, 0.3) is 0 Å². The minimum absolute atomic E-state index is 0.0688. The van der Waals surface area contributed by atoms with E-state index in [2.05, 4.69) is 10.6 Å². The zero-order valence-corrected chi connectivity index (χ0v) is 17.1. The van der Waals surface area contributed by atoms with Crippen molar-refractivity contribution < 1.29 is 9.59 Å². The van der Waals surface area contributed by atoms with E-state index in [1.165, 1.54) is 0 Å². The summed E-state index contributed by atoms with van der Waals surface area (Å²) >= 11 is 1.54. The molecule has 5 nitrogen and oxygen atoms in total. The van der Waals surface area contributed by atoms with Crippen LogP contribution >= 0.6 is 11.8 Å². The van der Waals surface area contributed by atoms with Gasteiger partial charge in [0.05, 0.1) is 12.3 Å². The molecule has 0 radical (unpaired) electrons. The normalized spacial score (nSPS) is 16.0. The first-order chi connectivity index (χ1) is 13.6. The van der Waals surface area contributed by atoms with Gasteiger partial charge in [-0.25, -0.2) is 0 Å². The van der Waals surface area contributed by atoms with Crippen LogP contribution in [0.2, 0.25) is 0 Å². The van der Waals surface area contributed by atoms with Crippen LogP contribution in [0.5, 0.6) is 0 Å². The van der Waals surface area contributed by atoms with E-state index in [0.29, 0.717) is 18.3 Å². The zero-order chi connectivity index (χ0) is 19.5. The van der Waals surface area contributed by atoms with Gasteiger partial charge in [-0.1, -0.05) is 18.2 Å². The number of thioether (sulfide) groups is 1. The Bertz CT molecular complexity index is 827. The van der Waals surface area contributed by atoms with Crippen molar-refractivity contribution in [2.45, 2.75) is 49.2 Å². The van der Waals surface area contributed by atoms with Gasteiger partial charge in [-0.05, 0) is 49.9 Å². The molecule has 148 valence electrons. The van der Waals surface area contributed by atoms with E-state index in [1.54, 1.807) is 11.8 Å². The summed E-state index contributed by atoms with van der Waals surface area (Å²) in [6, 6.07) is 14.6. The van der Waals surface area contributed by atoms with E-state index in [1.807, 2.05) is 59.4 Å². The van der Waals surface area contributed by atoms with E-state index < -0.39 is 0 Å². The molecule has 1 aromatic carbocycles. The molecule has 6 heteroatoms. The average Bonchev–Trinajstić information content (AvgIpc) is 3.62. The molecule has 0 unspecified atom stereocenters. The third-order valence-electron chi connectivity index (χ3n) is 5.41. The lowest BCUT2D eigenvalue weighted by atomic mass is 10.3. The number of nitrogens with zero attached hydrogens (tertiary/aromatic N) is 3. The molecule has 2 aliphatic rings. The highest BCUT2D eigenvalue weighted by molar-refractivity contribution is 8.00. The fraction of sp³-hybridized carbons (Fsp3) is 0.455. The third-order valence-corrected chi connectivity index (χ3v) is 6.41. The van der Waals surface area contributed by atoms with Crippen molar-refractivity contribution in [1.82, 2.24) is 14.4 Å². The molecule has 2 aliphatic carbocycles. The van der Waals surface area contributed by atoms with Crippen LogP contribution in [0.15, 0.2) is 53.6 Å². The summed E-state index contributed by atoms with van der Waals surface area (Å²) in [5.74, 6) is 0.530. The van der Waals surface area contributed by atoms with Crippen molar-refractivity contribution in [2.24, 2.45) is 7.05 Å². The van der Waals surface area contributed by atoms with Crippen LogP contribution in [0, 0.1) is 0 Å². The van der Waals surface area contributed by atoms with E-state index in [4.69, 9.17) is 0 Å². The Morgan fingerprint density at radius 2 is 1.64 bits per heavy atom. The smallest absolute Gasteiger partial charge is 0.242 e. The number of rotatable bonds is 9. The number of hydrogen-bond acceptors (Lipinski definition) is 3. The first-order valence-corrected chi connectivity index (χ1v) is 11.0. The maximum absolute atomic E-state index is 13.1. The fourth-order valence-corrected chi connectivity index (χ4v) is 4.24. The Morgan fingerprint density at radius 1 is 0.964 bits per heavy atom. The van der Waals surface area contributed by atoms with Crippen LogP contribution in [0.1, 0.15) is 31.4 Å². The molecule has 1 aromatic heterocycles.